The van der Waals surface area contributed by atoms with Gasteiger partial charge >= 0.3 is 10.6 Å². The molecule has 0 amide bonds. The van der Waals surface area contributed by atoms with Crippen LogP contribution in [-0.4, -0.2) is 51.4 Å². The molecule has 9 aromatic carbocycles. The maximum atomic E-state index is 13.7. The van der Waals surface area contributed by atoms with Gasteiger partial charge in [-0.3, -0.25) is 14.1 Å². The molecule has 0 spiro atoms. The highest BCUT2D eigenvalue weighted by atomic mass is 32.2. The number of aryl methyl sites for hydroxylation is 1. The predicted octanol–water partition coefficient (Wildman–Crippen LogP) is 18.7. The third-order valence-corrected chi connectivity index (χ3v) is 13.9. The highest BCUT2D eigenvalue weighted by Crippen LogP contribution is 2.38. The summed E-state index contributed by atoms with van der Waals surface area (Å²) in [5.74, 6) is 3.38. The van der Waals surface area contributed by atoms with E-state index < -0.39 is 36.8 Å². The van der Waals surface area contributed by atoms with Crippen LogP contribution >= 0.6 is 0 Å². The van der Waals surface area contributed by atoms with E-state index in [2.05, 4.69) is 57.2 Å². The quantitative estimate of drug-likeness (QED) is 0.0486. The summed E-state index contributed by atoms with van der Waals surface area (Å²) >= 11 is 0. The highest BCUT2D eigenvalue weighted by Gasteiger charge is 2.25. The predicted molar refractivity (Wildman–Crippen MR) is 349 cm³/mol. The first-order chi connectivity index (χ1) is 37.4. The molecule has 0 saturated carbocycles. The van der Waals surface area contributed by atoms with Crippen molar-refractivity contribution in [2.45, 2.75) is 96.4 Å². The number of rotatable bonds is 18. The van der Waals surface area contributed by atoms with Crippen molar-refractivity contribution in [3.05, 3.63) is 268 Å². The number of hydrogen-bond donors (Lipinski definition) is 1. The van der Waals surface area contributed by atoms with E-state index in [1.54, 1.807) is 99.1 Å². The normalized spacial score (nSPS) is 10.4. The molecule has 0 saturated heterocycles. The topological polar surface area (TPSA) is 186 Å². The van der Waals surface area contributed by atoms with Crippen molar-refractivity contribution in [1.29, 1.82) is 0 Å². The smallest absolute Gasteiger partial charge is 0.425 e. The molecule has 0 heterocycles. The second-order valence-electron chi connectivity index (χ2n) is 18.4. The van der Waals surface area contributed by atoms with Crippen molar-refractivity contribution in [1.82, 2.24) is 0 Å². The summed E-state index contributed by atoms with van der Waals surface area (Å²) in [4.78, 5) is 26.1. The van der Waals surface area contributed by atoms with Crippen molar-refractivity contribution in [3.63, 3.8) is 0 Å². The van der Waals surface area contributed by atoms with Crippen LogP contribution in [0.15, 0.2) is 217 Å². The minimum Gasteiger partial charge on any atom is -0.497 e. The van der Waals surface area contributed by atoms with Gasteiger partial charge in [-0.2, -0.15) is 8.42 Å². The second kappa shape index (κ2) is 34.0. The molecule has 1 N–H and O–H groups in total. The van der Waals surface area contributed by atoms with Crippen LogP contribution in [0.25, 0.3) is 0 Å². The number of carbonyl (C=O) groups excluding carboxylic acids is 2. The summed E-state index contributed by atoms with van der Waals surface area (Å²) < 4.78 is 89.9. The van der Waals surface area contributed by atoms with Gasteiger partial charge in [-0.05, 0) is 174 Å². The number of benzene rings is 9. The molecule has 0 aliphatic carbocycles. The SMILES string of the molecule is C.C.C.C.C.C.C.C.COc1ccc(C(=O)c2ccc(Oc3ccc(C(C)(C)c4ccc(Oc5ccc(C(=O)c6ccc(Oc7ccc(C(c8ccc(C)cc8)c8ccc(OC)cc8)cc7)cc6)cc5S(=O)(=O)O)cc4)cc3)cc2)cc1.O=S(=O)=O. The average molecular weight is 1210 g/mol. The molecule has 0 bridgehead atoms. The van der Waals surface area contributed by atoms with Crippen LogP contribution in [0.3, 0.4) is 0 Å². The Morgan fingerprint density at radius 1 is 0.407 bits per heavy atom. The van der Waals surface area contributed by atoms with Crippen molar-refractivity contribution in [3.8, 4) is 46.0 Å². The number of hydrogen-bond acceptors (Lipinski definition) is 12. The lowest BCUT2D eigenvalue weighted by atomic mass is 9.78. The van der Waals surface area contributed by atoms with Crippen molar-refractivity contribution < 1.29 is 58.9 Å². The minimum absolute atomic E-state index is 0. The molecule has 86 heavy (non-hydrogen) atoms. The van der Waals surface area contributed by atoms with E-state index in [1.807, 2.05) is 72.8 Å². The van der Waals surface area contributed by atoms with E-state index >= 15 is 0 Å². The third-order valence-electron chi connectivity index (χ3n) is 13.0. The molecule has 0 fully saturated rings. The molecular formula is C71H84O13S2. The zero-order valence-electron chi connectivity index (χ0n) is 42.9. The zero-order chi connectivity index (χ0) is 55.6. The van der Waals surface area contributed by atoms with Gasteiger partial charge in [-0.25, -0.2) is 0 Å². The van der Waals surface area contributed by atoms with Crippen LogP contribution in [0.4, 0.5) is 0 Å². The van der Waals surface area contributed by atoms with E-state index in [0.717, 1.165) is 39.6 Å². The molecule has 1 atom stereocenters. The fourth-order valence-electron chi connectivity index (χ4n) is 8.67. The maximum absolute atomic E-state index is 13.7. The largest absolute Gasteiger partial charge is 0.497 e. The van der Waals surface area contributed by atoms with Gasteiger partial charge in [-0.15, -0.1) is 12.6 Å². The summed E-state index contributed by atoms with van der Waals surface area (Å²) in [6, 6.07) is 63.8. The first-order valence-electron chi connectivity index (χ1n) is 24.3. The standard InChI is InChI=1S/C63H52O10S.8CH4.O3S/c1-41-6-8-42(9-7-41)60(43-10-25-51(69-4)26-11-43)44-12-29-53(30-13-44)71-54-33-18-47(19-34-54)62(65)48-20-39-58(59(40-48)74(66,67)68)73-57-37-23-50(24-38-57)63(2,3)49-21-35-56(36-22-49)72-55-31-16-46(17-32-55)61(64)45-14-27-52(70-5)28-15-45;;;;;;;;;1-4(2)3/h6-40,60H,1-5H3,(H,66,67,68);8*1H4;. The molecule has 9 rings (SSSR count). The monoisotopic (exact) mass is 1210 g/mol. The summed E-state index contributed by atoms with van der Waals surface area (Å²) in [6.45, 7) is 6.23. The number of carbonyl (C=O) groups is 2. The van der Waals surface area contributed by atoms with Crippen LogP contribution in [0, 0.1) is 6.92 Å². The molecule has 13 nitrogen and oxygen atoms in total. The maximum Gasteiger partial charge on any atom is 0.425 e. The second-order valence-corrected chi connectivity index (χ2v) is 20.2. The van der Waals surface area contributed by atoms with Crippen LogP contribution in [0.1, 0.15) is 144 Å². The van der Waals surface area contributed by atoms with Crippen molar-refractivity contribution in [2.24, 2.45) is 0 Å². The van der Waals surface area contributed by atoms with Crippen molar-refractivity contribution in [2.75, 3.05) is 14.2 Å². The van der Waals surface area contributed by atoms with Crippen molar-refractivity contribution >= 4 is 32.3 Å². The average Bonchev–Trinajstić information content (AvgIpc) is 1.76. The molecular weight excluding hydrogens is 1120 g/mol. The molecule has 458 valence electrons. The van der Waals surface area contributed by atoms with Gasteiger partial charge in [0, 0.05) is 33.6 Å². The van der Waals surface area contributed by atoms with Gasteiger partial charge in [0.15, 0.2) is 11.6 Å². The number of methoxy groups -OCH3 is 2. The number of ketones is 2. The highest BCUT2D eigenvalue weighted by molar-refractivity contribution is 7.86. The van der Waals surface area contributed by atoms with Crippen LogP contribution in [0.2, 0.25) is 0 Å². The lowest BCUT2D eigenvalue weighted by Crippen LogP contribution is -2.18. The van der Waals surface area contributed by atoms with E-state index in [4.69, 9.17) is 36.3 Å². The zero-order valence-corrected chi connectivity index (χ0v) is 44.6. The van der Waals surface area contributed by atoms with Gasteiger partial charge in [-0.1, -0.05) is 152 Å². The van der Waals surface area contributed by atoms with Gasteiger partial charge in [0.25, 0.3) is 10.1 Å². The summed E-state index contributed by atoms with van der Waals surface area (Å²) in [5, 5.41) is 0. The first-order valence-corrected chi connectivity index (χ1v) is 26.7. The van der Waals surface area contributed by atoms with Gasteiger partial charge in [0.1, 0.15) is 50.9 Å². The Balaban J connectivity index is 0.00000584. The fraction of sp³-hybridized carbons (Fsp3) is 0.211. The van der Waals surface area contributed by atoms with Crippen LogP contribution in [0.5, 0.6) is 46.0 Å². The van der Waals surface area contributed by atoms with Gasteiger partial charge < -0.3 is 23.7 Å². The van der Waals surface area contributed by atoms with E-state index in [1.165, 1.54) is 17.7 Å². The molecule has 1 unspecified atom stereocenters. The Morgan fingerprint density at radius 2 is 0.674 bits per heavy atom. The lowest BCUT2D eigenvalue weighted by molar-refractivity contribution is 0.103. The van der Waals surface area contributed by atoms with E-state index in [9.17, 15) is 22.6 Å². The Kier molecular flexibility index (Phi) is 30.4. The van der Waals surface area contributed by atoms with E-state index in [-0.39, 0.29) is 88.0 Å². The summed E-state index contributed by atoms with van der Waals surface area (Å²) in [5.41, 5.74) is 7.47. The van der Waals surface area contributed by atoms with Crippen LogP contribution < -0.4 is 23.7 Å². The minimum atomic E-state index is -4.82. The first kappa shape index (κ1) is 76.9. The Hall–Kier alpha value is -9.15. The Labute approximate surface area is 513 Å². The molecule has 0 radical (unpaired) electrons. The molecule has 0 aliphatic rings. The number of ether oxygens (including phenoxy) is 5. The Bertz CT molecular complexity index is 3770. The Morgan fingerprint density at radius 3 is 1.01 bits per heavy atom. The molecule has 9 aromatic rings. The lowest BCUT2D eigenvalue weighted by Gasteiger charge is -2.26. The van der Waals surface area contributed by atoms with E-state index in [0.29, 0.717) is 45.6 Å². The van der Waals surface area contributed by atoms with Crippen LogP contribution in [-0.2, 0) is 26.1 Å². The summed E-state index contributed by atoms with van der Waals surface area (Å²) in [7, 11) is -4.70. The molecule has 0 aromatic heterocycles. The fourth-order valence-corrected chi connectivity index (χ4v) is 9.31. The molecule has 0 aliphatic heterocycles. The molecule has 15 heteroatoms. The summed E-state index contributed by atoms with van der Waals surface area (Å²) in [6.07, 6.45) is 0. The van der Waals surface area contributed by atoms with Gasteiger partial charge in [0.2, 0.25) is 0 Å². The third kappa shape index (κ3) is 19.2. The van der Waals surface area contributed by atoms with Gasteiger partial charge in [0.05, 0.1) is 14.2 Å².